The molecule has 1 N–H and O–H groups in total. The Morgan fingerprint density at radius 1 is 1.40 bits per heavy atom. The normalized spacial score (nSPS) is 16.3. The Labute approximate surface area is 95.8 Å². The highest BCUT2D eigenvalue weighted by molar-refractivity contribution is 9.10. The summed E-state index contributed by atoms with van der Waals surface area (Å²) in [6.45, 7) is 2.96. The first kappa shape index (κ1) is 9.30. The Hall–Kier alpha value is -0.940. The minimum absolute atomic E-state index is 0.959. The summed E-state index contributed by atoms with van der Waals surface area (Å²) < 4.78 is 3.20. The molecular formula is C10H11BrN4. The van der Waals surface area contributed by atoms with Crippen LogP contribution in [0, 0.1) is 0 Å². The summed E-state index contributed by atoms with van der Waals surface area (Å²) >= 11 is 3.42. The van der Waals surface area contributed by atoms with Crippen molar-refractivity contribution in [3.8, 4) is 0 Å². The van der Waals surface area contributed by atoms with E-state index in [0.29, 0.717) is 0 Å². The number of nitrogens with zero attached hydrogens (tertiary/aromatic N) is 3. The Balaban J connectivity index is 2.23. The van der Waals surface area contributed by atoms with Crippen molar-refractivity contribution < 1.29 is 0 Å². The van der Waals surface area contributed by atoms with Crippen LogP contribution in [0.3, 0.4) is 0 Å². The fraction of sp³-hybridized carbons (Fsp3) is 0.400. The minimum Gasteiger partial charge on any atom is -0.315 e. The third-order valence-electron chi connectivity index (χ3n) is 2.67. The van der Waals surface area contributed by atoms with E-state index in [1.807, 2.05) is 12.3 Å². The predicted octanol–water partition coefficient (Wildman–Crippen LogP) is 1.34. The maximum absolute atomic E-state index is 4.60. The fourth-order valence-corrected chi connectivity index (χ4v) is 2.29. The van der Waals surface area contributed by atoms with Gasteiger partial charge in [0.1, 0.15) is 11.3 Å². The topological polar surface area (TPSA) is 42.7 Å². The van der Waals surface area contributed by atoms with E-state index in [0.717, 1.165) is 47.5 Å². The van der Waals surface area contributed by atoms with Crippen LogP contribution in [0.15, 0.2) is 16.7 Å². The van der Waals surface area contributed by atoms with Gasteiger partial charge in [0.25, 0.3) is 0 Å². The van der Waals surface area contributed by atoms with Crippen molar-refractivity contribution in [2.45, 2.75) is 13.0 Å². The first-order valence-corrected chi connectivity index (χ1v) is 5.85. The number of halogens is 1. The van der Waals surface area contributed by atoms with E-state index in [1.54, 1.807) is 0 Å². The average molecular weight is 267 g/mol. The van der Waals surface area contributed by atoms with Crippen LogP contribution in [0.2, 0.25) is 0 Å². The van der Waals surface area contributed by atoms with Gasteiger partial charge in [-0.05, 0) is 22.0 Å². The molecule has 0 radical (unpaired) electrons. The number of nitrogens with one attached hydrogen (secondary N) is 1. The lowest BCUT2D eigenvalue weighted by Gasteiger charge is -2.02. The predicted molar refractivity (Wildman–Crippen MR) is 61.8 cm³/mol. The van der Waals surface area contributed by atoms with Gasteiger partial charge in [-0.2, -0.15) is 0 Å². The number of aromatic nitrogens is 3. The molecule has 1 aliphatic heterocycles. The van der Waals surface area contributed by atoms with Crippen molar-refractivity contribution in [1.29, 1.82) is 0 Å². The van der Waals surface area contributed by atoms with Gasteiger partial charge in [0.2, 0.25) is 0 Å². The smallest absolute Gasteiger partial charge is 0.160 e. The third-order valence-corrected chi connectivity index (χ3v) is 3.10. The third kappa shape index (κ3) is 1.55. The molecule has 0 saturated carbocycles. The van der Waals surface area contributed by atoms with Crippen LogP contribution >= 0.6 is 15.9 Å². The van der Waals surface area contributed by atoms with Gasteiger partial charge in [0, 0.05) is 36.7 Å². The van der Waals surface area contributed by atoms with E-state index in [9.17, 15) is 0 Å². The number of pyridine rings is 1. The molecule has 0 aliphatic carbocycles. The molecule has 1 aliphatic rings. The van der Waals surface area contributed by atoms with Crippen molar-refractivity contribution >= 4 is 27.1 Å². The van der Waals surface area contributed by atoms with Gasteiger partial charge >= 0.3 is 0 Å². The summed E-state index contributed by atoms with van der Waals surface area (Å²) in [7, 11) is 0. The zero-order valence-electron chi connectivity index (χ0n) is 8.20. The molecule has 2 aromatic rings. The van der Waals surface area contributed by atoms with Crippen LogP contribution in [-0.2, 0) is 13.0 Å². The maximum Gasteiger partial charge on any atom is 0.160 e. The summed E-state index contributed by atoms with van der Waals surface area (Å²) in [4.78, 5) is 9.03. The van der Waals surface area contributed by atoms with E-state index in [-0.39, 0.29) is 0 Å². The van der Waals surface area contributed by atoms with Crippen molar-refractivity contribution in [3.63, 3.8) is 0 Å². The van der Waals surface area contributed by atoms with Crippen molar-refractivity contribution in [2.75, 3.05) is 13.1 Å². The minimum atomic E-state index is 0.959. The Morgan fingerprint density at radius 2 is 2.33 bits per heavy atom. The SMILES string of the molecule is Brc1cnc2c(c1)nc1n2CCNCC1. The summed E-state index contributed by atoms with van der Waals surface area (Å²) in [6.07, 6.45) is 2.81. The highest BCUT2D eigenvalue weighted by atomic mass is 79.9. The van der Waals surface area contributed by atoms with Crippen LogP contribution in [0.5, 0.6) is 0 Å². The lowest BCUT2D eigenvalue weighted by atomic mass is 10.4. The maximum atomic E-state index is 4.60. The van der Waals surface area contributed by atoms with Crippen LogP contribution in [-0.4, -0.2) is 27.6 Å². The molecule has 0 unspecified atom stereocenters. The second kappa shape index (κ2) is 3.57. The van der Waals surface area contributed by atoms with Crippen LogP contribution in [0.1, 0.15) is 5.82 Å². The summed E-state index contributed by atoms with van der Waals surface area (Å²) in [5.74, 6) is 1.14. The zero-order chi connectivity index (χ0) is 10.3. The molecule has 5 heteroatoms. The second-order valence-corrected chi connectivity index (χ2v) is 4.59. The standard InChI is InChI=1S/C10H11BrN4/c11-7-5-8-10(13-6-7)15-4-3-12-2-1-9(15)14-8/h5-6,12H,1-4H2. The molecule has 0 spiro atoms. The highest BCUT2D eigenvalue weighted by Gasteiger charge is 2.13. The quantitative estimate of drug-likeness (QED) is 0.783. The number of hydrogen-bond acceptors (Lipinski definition) is 3. The van der Waals surface area contributed by atoms with E-state index < -0.39 is 0 Å². The van der Waals surface area contributed by atoms with E-state index in [4.69, 9.17) is 0 Å². The molecule has 2 aromatic heterocycles. The lowest BCUT2D eigenvalue weighted by molar-refractivity contribution is 0.654. The van der Waals surface area contributed by atoms with Crippen LogP contribution < -0.4 is 5.32 Å². The van der Waals surface area contributed by atoms with Gasteiger partial charge in [0.05, 0.1) is 0 Å². The van der Waals surface area contributed by atoms with Gasteiger partial charge in [0.15, 0.2) is 5.65 Å². The van der Waals surface area contributed by atoms with Gasteiger partial charge in [-0.1, -0.05) is 0 Å². The number of rotatable bonds is 0. The number of imidazole rings is 1. The lowest BCUT2D eigenvalue weighted by Crippen LogP contribution is -2.17. The molecule has 0 bridgehead atoms. The molecule has 0 amide bonds. The molecule has 4 nitrogen and oxygen atoms in total. The molecule has 78 valence electrons. The van der Waals surface area contributed by atoms with Gasteiger partial charge in [-0.15, -0.1) is 0 Å². The van der Waals surface area contributed by atoms with Crippen LogP contribution in [0.25, 0.3) is 11.2 Å². The monoisotopic (exact) mass is 266 g/mol. The molecule has 0 atom stereocenters. The van der Waals surface area contributed by atoms with Crippen molar-refractivity contribution in [2.24, 2.45) is 0 Å². The van der Waals surface area contributed by atoms with Crippen molar-refractivity contribution in [1.82, 2.24) is 19.9 Å². The number of hydrogen-bond donors (Lipinski definition) is 1. The molecule has 0 aromatic carbocycles. The largest absolute Gasteiger partial charge is 0.315 e. The molecular weight excluding hydrogens is 256 g/mol. The Bertz CT molecular complexity index is 505. The highest BCUT2D eigenvalue weighted by Crippen LogP contribution is 2.19. The molecule has 3 rings (SSSR count). The van der Waals surface area contributed by atoms with E-state index in [1.165, 1.54) is 0 Å². The van der Waals surface area contributed by atoms with E-state index >= 15 is 0 Å². The fourth-order valence-electron chi connectivity index (χ4n) is 1.98. The summed E-state index contributed by atoms with van der Waals surface area (Å²) in [5, 5.41) is 3.36. The zero-order valence-corrected chi connectivity index (χ0v) is 9.79. The van der Waals surface area contributed by atoms with Crippen LogP contribution in [0.4, 0.5) is 0 Å². The van der Waals surface area contributed by atoms with Gasteiger partial charge in [-0.25, -0.2) is 9.97 Å². The summed E-state index contributed by atoms with van der Waals surface area (Å²) in [6, 6.07) is 2.03. The summed E-state index contributed by atoms with van der Waals surface area (Å²) in [5.41, 5.74) is 1.98. The molecule has 0 saturated heterocycles. The average Bonchev–Trinajstić information content (AvgIpc) is 2.42. The first-order chi connectivity index (χ1) is 7.34. The molecule has 3 heterocycles. The second-order valence-electron chi connectivity index (χ2n) is 3.68. The van der Waals surface area contributed by atoms with E-state index in [2.05, 4.69) is 35.8 Å². The molecule has 0 fully saturated rings. The van der Waals surface area contributed by atoms with Crippen molar-refractivity contribution in [3.05, 3.63) is 22.6 Å². The Morgan fingerprint density at radius 3 is 3.27 bits per heavy atom. The van der Waals surface area contributed by atoms with Gasteiger partial charge < -0.3 is 9.88 Å². The van der Waals surface area contributed by atoms with Gasteiger partial charge in [-0.3, -0.25) is 0 Å². The Kier molecular flexibility index (Phi) is 2.21. The molecule has 15 heavy (non-hydrogen) atoms. The number of fused-ring (bicyclic) bond motifs is 3. The first-order valence-electron chi connectivity index (χ1n) is 5.06.